The van der Waals surface area contributed by atoms with Gasteiger partial charge in [0.2, 0.25) is 5.91 Å². The Bertz CT molecular complexity index is 1170. The third-order valence-electron chi connectivity index (χ3n) is 7.41. The summed E-state index contributed by atoms with van der Waals surface area (Å²) in [6, 6.07) is 11.9. The Morgan fingerprint density at radius 2 is 1.49 bits per heavy atom. The van der Waals surface area contributed by atoms with Gasteiger partial charge in [-0.15, -0.1) is 0 Å². The smallest absolute Gasteiger partial charge is 0.408 e. The molecule has 0 aliphatic carbocycles. The molecule has 0 aliphatic heterocycles. The summed E-state index contributed by atoms with van der Waals surface area (Å²) in [6.45, 7) is 13.9. The van der Waals surface area contributed by atoms with Crippen LogP contribution in [0.2, 0.25) is 0 Å². The number of anilines is 1. The van der Waals surface area contributed by atoms with Gasteiger partial charge in [0.15, 0.2) is 0 Å². The number of carbonyl (C=O) groups excluding carboxylic acids is 3. The van der Waals surface area contributed by atoms with Crippen LogP contribution >= 0.6 is 11.8 Å². The van der Waals surface area contributed by atoms with Crippen molar-refractivity contribution in [3.63, 3.8) is 0 Å². The number of hydrogen-bond acceptors (Lipinski definition) is 5. The molecule has 2 atom stereocenters. The predicted molar refractivity (Wildman–Crippen MR) is 180 cm³/mol. The van der Waals surface area contributed by atoms with E-state index < -0.39 is 23.8 Å². The average molecular weight is 612 g/mol. The van der Waals surface area contributed by atoms with E-state index in [2.05, 4.69) is 17.6 Å². The van der Waals surface area contributed by atoms with Gasteiger partial charge >= 0.3 is 6.09 Å². The number of alkyl carbamates (subject to hydrolysis) is 1. The molecule has 2 rings (SSSR count). The zero-order valence-electron chi connectivity index (χ0n) is 27.5. The van der Waals surface area contributed by atoms with Gasteiger partial charge in [0.05, 0.1) is 0 Å². The number of carbonyl (C=O) groups is 3. The summed E-state index contributed by atoms with van der Waals surface area (Å²) in [4.78, 5) is 43.4. The van der Waals surface area contributed by atoms with Crippen molar-refractivity contribution in [2.75, 3.05) is 23.9 Å². The summed E-state index contributed by atoms with van der Waals surface area (Å²) in [5, 5.41) is 5.96. The Morgan fingerprint density at radius 1 is 0.884 bits per heavy atom. The number of aryl methyl sites for hydroxylation is 3. The molecule has 2 aromatic rings. The molecule has 7 nitrogen and oxygen atoms in total. The number of amides is 3. The van der Waals surface area contributed by atoms with Crippen molar-refractivity contribution in [2.24, 2.45) is 0 Å². The minimum absolute atomic E-state index is 0.271. The van der Waals surface area contributed by atoms with Crippen LogP contribution in [0.4, 0.5) is 10.5 Å². The van der Waals surface area contributed by atoms with Crippen molar-refractivity contribution in [3.05, 3.63) is 64.7 Å². The lowest BCUT2D eigenvalue weighted by Crippen LogP contribution is -2.53. The molecule has 2 N–H and O–H groups in total. The topological polar surface area (TPSA) is 87.7 Å². The van der Waals surface area contributed by atoms with E-state index in [1.807, 2.05) is 69.5 Å². The molecule has 0 bridgehead atoms. The van der Waals surface area contributed by atoms with Gasteiger partial charge < -0.3 is 20.3 Å². The van der Waals surface area contributed by atoms with Gasteiger partial charge in [-0.25, -0.2) is 4.79 Å². The van der Waals surface area contributed by atoms with E-state index in [0.29, 0.717) is 24.4 Å². The molecule has 0 saturated heterocycles. The summed E-state index contributed by atoms with van der Waals surface area (Å²) < 4.78 is 5.53. The molecule has 238 valence electrons. The van der Waals surface area contributed by atoms with Crippen molar-refractivity contribution in [2.45, 2.75) is 111 Å². The summed E-state index contributed by atoms with van der Waals surface area (Å²) in [5.74, 6) is 0.119. The Kier molecular flexibility index (Phi) is 15.1. The van der Waals surface area contributed by atoms with Crippen LogP contribution < -0.4 is 10.6 Å². The fourth-order valence-electron chi connectivity index (χ4n) is 5.17. The highest BCUT2D eigenvalue weighted by Crippen LogP contribution is 2.31. The zero-order chi connectivity index (χ0) is 32.0. The first-order valence-corrected chi connectivity index (χ1v) is 17.0. The molecule has 8 heteroatoms. The zero-order valence-corrected chi connectivity index (χ0v) is 28.4. The van der Waals surface area contributed by atoms with E-state index in [0.717, 1.165) is 54.4 Å². The van der Waals surface area contributed by atoms with E-state index >= 15 is 0 Å². The third kappa shape index (κ3) is 11.9. The van der Waals surface area contributed by atoms with Crippen LogP contribution in [0.1, 0.15) is 101 Å². The van der Waals surface area contributed by atoms with Crippen LogP contribution in [0.5, 0.6) is 0 Å². The highest BCUT2D eigenvalue weighted by Gasteiger charge is 2.37. The summed E-state index contributed by atoms with van der Waals surface area (Å²) in [6.07, 6.45) is 8.03. The molecule has 0 heterocycles. The van der Waals surface area contributed by atoms with E-state index in [9.17, 15) is 14.4 Å². The minimum Gasteiger partial charge on any atom is -0.444 e. The molecule has 3 amide bonds. The molecule has 43 heavy (non-hydrogen) atoms. The van der Waals surface area contributed by atoms with Gasteiger partial charge in [-0.2, -0.15) is 11.8 Å². The van der Waals surface area contributed by atoms with Gasteiger partial charge in [-0.05, 0) is 94.7 Å². The lowest BCUT2D eigenvalue weighted by atomic mass is 9.93. The van der Waals surface area contributed by atoms with E-state index in [1.165, 1.54) is 6.42 Å². The second kappa shape index (κ2) is 18.0. The number of hydrogen-bond donors (Lipinski definition) is 2. The Hall–Kier alpha value is -3.00. The van der Waals surface area contributed by atoms with Gasteiger partial charge in [0.25, 0.3) is 5.91 Å². The first-order valence-electron chi connectivity index (χ1n) is 15.6. The van der Waals surface area contributed by atoms with Crippen molar-refractivity contribution >= 4 is 35.4 Å². The Labute approximate surface area is 263 Å². The quantitative estimate of drug-likeness (QED) is 0.187. The maximum absolute atomic E-state index is 14.5. The van der Waals surface area contributed by atoms with E-state index in [4.69, 9.17) is 4.74 Å². The van der Waals surface area contributed by atoms with Crippen LogP contribution in [-0.4, -0.2) is 53.0 Å². The number of nitrogens with one attached hydrogen (secondary N) is 2. The monoisotopic (exact) mass is 611 g/mol. The van der Waals surface area contributed by atoms with Crippen LogP contribution in [0.25, 0.3) is 0 Å². The SMILES string of the molecule is CCCCCCCCN(C(=O)C(CCSC)NC(=O)OC(C)(C)C)C(C(=O)Nc1ccccc1C)c1c(C)cccc1C. The molecule has 0 aliphatic rings. The molecule has 2 aromatic carbocycles. The standard InChI is InChI=1S/C35H53N3O4S/c1-9-10-11-12-13-16-23-38(33(40)29(22-24-43-8)37-34(41)42-35(5,6)7)31(30-26(3)19-17-20-27(30)4)32(39)36-28-21-15-14-18-25(28)2/h14-15,17-21,29,31H,9-13,16,22-24H2,1-8H3,(H,36,39)(H,37,41). The fraction of sp³-hybridized carbons (Fsp3) is 0.571. The van der Waals surface area contributed by atoms with Crippen molar-refractivity contribution in [1.82, 2.24) is 10.2 Å². The van der Waals surface area contributed by atoms with E-state index in [1.54, 1.807) is 37.4 Å². The normalized spacial score (nSPS) is 12.7. The summed E-state index contributed by atoms with van der Waals surface area (Å²) in [5.41, 5.74) is 3.63. The highest BCUT2D eigenvalue weighted by atomic mass is 32.2. The maximum Gasteiger partial charge on any atom is 0.408 e. The molecular weight excluding hydrogens is 558 g/mol. The predicted octanol–water partition coefficient (Wildman–Crippen LogP) is 8.13. The Balaban J connectivity index is 2.57. The molecular formula is C35H53N3O4S. The molecule has 0 aromatic heterocycles. The van der Waals surface area contributed by atoms with Crippen molar-refractivity contribution in [1.29, 1.82) is 0 Å². The maximum atomic E-state index is 14.5. The number of para-hydroxylation sites is 1. The number of ether oxygens (including phenoxy) is 1. The van der Waals surface area contributed by atoms with Crippen LogP contribution in [0.3, 0.4) is 0 Å². The number of benzene rings is 2. The largest absolute Gasteiger partial charge is 0.444 e. The second-order valence-electron chi connectivity index (χ2n) is 12.3. The summed E-state index contributed by atoms with van der Waals surface area (Å²) in [7, 11) is 0. The van der Waals surface area contributed by atoms with E-state index in [-0.39, 0.29) is 11.8 Å². The number of thioether (sulfide) groups is 1. The van der Waals surface area contributed by atoms with Crippen molar-refractivity contribution in [3.8, 4) is 0 Å². The fourth-order valence-corrected chi connectivity index (χ4v) is 5.64. The first-order chi connectivity index (χ1) is 20.4. The number of rotatable bonds is 16. The molecule has 0 fully saturated rings. The van der Waals surface area contributed by atoms with Gasteiger partial charge in [-0.3, -0.25) is 9.59 Å². The van der Waals surface area contributed by atoms with Gasteiger partial charge in [0, 0.05) is 12.2 Å². The third-order valence-corrected chi connectivity index (χ3v) is 8.06. The lowest BCUT2D eigenvalue weighted by molar-refractivity contribution is -0.141. The average Bonchev–Trinajstić information content (AvgIpc) is 2.93. The van der Waals surface area contributed by atoms with Crippen LogP contribution in [-0.2, 0) is 14.3 Å². The number of nitrogens with zero attached hydrogens (tertiary/aromatic N) is 1. The summed E-state index contributed by atoms with van der Waals surface area (Å²) >= 11 is 1.61. The second-order valence-corrected chi connectivity index (χ2v) is 13.3. The number of unbranched alkanes of at least 4 members (excludes halogenated alkanes) is 5. The minimum atomic E-state index is -0.874. The van der Waals surface area contributed by atoms with Gasteiger partial charge in [0.1, 0.15) is 17.7 Å². The molecule has 0 saturated carbocycles. The molecule has 0 radical (unpaired) electrons. The van der Waals surface area contributed by atoms with Crippen molar-refractivity contribution < 1.29 is 19.1 Å². The Morgan fingerprint density at radius 3 is 2.09 bits per heavy atom. The van der Waals surface area contributed by atoms with Crippen LogP contribution in [0.15, 0.2) is 42.5 Å². The molecule has 0 spiro atoms. The molecule has 2 unspecified atom stereocenters. The van der Waals surface area contributed by atoms with Gasteiger partial charge in [-0.1, -0.05) is 75.4 Å². The lowest BCUT2D eigenvalue weighted by Gasteiger charge is -2.36. The highest BCUT2D eigenvalue weighted by molar-refractivity contribution is 7.98. The van der Waals surface area contributed by atoms with Crippen LogP contribution in [0, 0.1) is 20.8 Å². The first kappa shape index (κ1) is 36.2.